The molecule has 0 aliphatic heterocycles. The molecule has 0 aromatic carbocycles. The van der Waals surface area contributed by atoms with Gasteiger partial charge in [-0.3, -0.25) is 4.79 Å². The molecular formula is C21H28O3. The van der Waals surface area contributed by atoms with Gasteiger partial charge in [0.25, 0.3) is 0 Å². The highest BCUT2D eigenvalue weighted by molar-refractivity contribution is 5.93. The average molecular weight is 328 g/mol. The summed E-state index contributed by atoms with van der Waals surface area (Å²) < 4.78 is 0. The Morgan fingerprint density at radius 3 is 2.88 bits per heavy atom. The number of allylic oxidation sites excluding steroid dienone is 5. The summed E-state index contributed by atoms with van der Waals surface area (Å²) in [5, 5.41) is 19.0. The number of aliphatic hydroxyl groups is 2. The van der Waals surface area contributed by atoms with Crippen molar-refractivity contribution in [1.82, 2.24) is 0 Å². The van der Waals surface area contributed by atoms with Gasteiger partial charge in [-0.25, -0.2) is 0 Å². The molecule has 0 aromatic heterocycles. The molecule has 3 heteroatoms. The molecule has 3 nitrogen and oxygen atoms in total. The van der Waals surface area contributed by atoms with E-state index in [1.807, 2.05) is 12.2 Å². The molecule has 4 rings (SSSR count). The van der Waals surface area contributed by atoms with Gasteiger partial charge < -0.3 is 10.2 Å². The summed E-state index contributed by atoms with van der Waals surface area (Å²) in [7, 11) is 0. The Morgan fingerprint density at radius 2 is 2.08 bits per heavy atom. The summed E-state index contributed by atoms with van der Waals surface area (Å²) in [4.78, 5) is 11.7. The topological polar surface area (TPSA) is 57.5 Å². The average Bonchev–Trinajstić information content (AvgIpc) is 2.90. The molecular weight excluding hydrogens is 300 g/mol. The zero-order valence-electron chi connectivity index (χ0n) is 14.6. The standard InChI is InChI=1S/C21H28O3/c1-21-9-8-18-17-6-4-15(23)10-13(17)2-5-19(18)20(21)7-3-14(21)11-16(24)12-22/h10-11,14,19-20,22,24H,2-9,12H2,1H3/t14-,19+,20-,21+/m0/s1. The Kier molecular flexibility index (Phi) is 3.95. The van der Waals surface area contributed by atoms with E-state index < -0.39 is 0 Å². The number of aliphatic hydroxyl groups excluding tert-OH is 2. The Morgan fingerprint density at radius 1 is 1.25 bits per heavy atom. The van der Waals surface area contributed by atoms with E-state index in [0.717, 1.165) is 32.1 Å². The van der Waals surface area contributed by atoms with Gasteiger partial charge in [0.2, 0.25) is 0 Å². The van der Waals surface area contributed by atoms with Crippen molar-refractivity contribution in [2.45, 2.75) is 58.3 Å². The van der Waals surface area contributed by atoms with E-state index in [1.165, 1.54) is 24.0 Å². The minimum Gasteiger partial charge on any atom is -0.510 e. The van der Waals surface area contributed by atoms with Gasteiger partial charge in [0.1, 0.15) is 5.76 Å². The molecule has 0 bridgehead atoms. The van der Waals surface area contributed by atoms with Crippen LogP contribution >= 0.6 is 0 Å². The molecule has 2 N–H and O–H groups in total. The molecule has 2 fully saturated rings. The van der Waals surface area contributed by atoms with Crippen LogP contribution in [0, 0.1) is 23.2 Å². The van der Waals surface area contributed by atoms with E-state index in [1.54, 1.807) is 5.57 Å². The molecule has 0 amide bonds. The molecule has 4 aliphatic carbocycles. The maximum Gasteiger partial charge on any atom is 0.156 e. The van der Waals surface area contributed by atoms with Crippen LogP contribution in [-0.4, -0.2) is 22.6 Å². The molecule has 130 valence electrons. The van der Waals surface area contributed by atoms with Crippen molar-refractivity contribution in [2.24, 2.45) is 23.2 Å². The van der Waals surface area contributed by atoms with Crippen LogP contribution in [0.1, 0.15) is 58.3 Å². The zero-order chi connectivity index (χ0) is 16.9. The van der Waals surface area contributed by atoms with E-state index in [-0.39, 0.29) is 17.8 Å². The molecule has 2 saturated carbocycles. The quantitative estimate of drug-likeness (QED) is 0.745. The number of ketones is 1. The SMILES string of the molecule is C[C@]12CCC3=C4CCC(=O)C=C4CC[C@H]3[C@@H]1CC[C@H]2C=C(O)CO. The Balaban J connectivity index is 1.66. The molecule has 0 unspecified atom stereocenters. The first-order chi connectivity index (χ1) is 11.5. The van der Waals surface area contributed by atoms with E-state index in [0.29, 0.717) is 30.0 Å². The third-order valence-electron chi connectivity index (χ3n) is 7.36. The van der Waals surface area contributed by atoms with Gasteiger partial charge in [-0.1, -0.05) is 12.5 Å². The number of hydrogen-bond donors (Lipinski definition) is 2. The second kappa shape index (κ2) is 5.87. The van der Waals surface area contributed by atoms with Gasteiger partial charge in [-0.05, 0) is 91.4 Å². The third-order valence-corrected chi connectivity index (χ3v) is 7.36. The van der Waals surface area contributed by atoms with Crippen molar-refractivity contribution < 1.29 is 15.0 Å². The summed E-state index contributed by atoms with van der Waals surface area (Å²) in [5.74, 6) is 2.16. The molecule has 0 radical (unpaired) electrons. The maximum absolute atomic E-state index is 11.7. The molecule has 0 saturated heterocycles. The monoisotopic (exact) mass is 328 g/mol. The molecule has 0 aromatic rings. The molecule has 24 heavy (non-hydrogen) atoms. The van der Waals surface area contributed by atoms with Crippen molar-refractivity contribution in [1.29, 1.82) is 0 Å². The fourth-order valence-electron chi connectivity index (χ4n) is 6.13. The molecule has 4 atom stereocenters. The fraction of sp³-hybridized carbons (Fsp3) is 0.667. The summed E-state index contributed by atoms with van der Waals surface area (Å²) in [5.41, 5.74) is 4.74. The van der Waals surface area contributed by atoms with Gasteiger partial charge in [-0.15, -0.1) is 0 Å². The molecule has 0 heterocycles. The van der Waals surface area contributed by atoms with Crippen molar-refractivity contribution in [3.8, 4) is 0 Å². The Labute approximate surface area is 144 Å². The minimum atomic E-state index is -0.252. The first-order valence-corrected chi connectivity index (χ1v) is 9.49. The number of fused-ring (bicyclic) bond motifs is 4. The van der Waals surface area contributed by atoms with Crippen molar-refractivity contribution in [2.75, 3.05) is 6.61 Å². The number of carbonyl (C=O) groups excluding carboxylic acids is 1. The van der Waals surface area contributed by atoms with Crippen LogP contribution in [0.3, 0.4) is 0 Å². The van der Waals surface area contributed by atoms with E-state index in [9.17, 15) is 9.90 Å². The summed E-state index contributed by atoms with van der Waals surface area (Å²) in [6.07, 6.45) is 12.4. The van der Waals surface area contributed by atoms with Crippen LogP contribution in [0.25, 0.3) is 0 Å². The van der Waals surface area contributed by atoms with Gasteiger partial charge in [-0.2, -0.15) is 0 Å². The van der Waals surface area contributed by atoms with Crippen LogP contribution in [0.2, 0.25) is 0 Å². The van der Waals surface area contributed by atoms with Gasteiger partial charge in [0.15, 0.2) is 5.78 Å². The van der Waals surface area contributed by atoms with Crippen LogP contribution in [0.15, 0.2) is 34.6 Å². The number of hydrogen-bond acceptors (Lipinski definition) is 3. The molecule has 0 spiro atoms. The second-order valence-electron chi connectivity index (χ2n) is 8.40. The highest BCUT2D eigenvalue weighted by atomic mass is 16.3. The van der Waals surface area contributed by atoms with Crippen molar-refractivity contribution in [3.05, 3.63) is 34.6 Å². The van der Waals surface area contributed by atoms with E-state index >= 15 is 0 Å². The summed E-state index contributed by atoms with van der Waals surface area (Å²) in [6.45, 7) is 2.14. The highest BCUT2D eigenvalue weighted by Crippen LogP contribution is 2.62. The lowest BCUT2D eigenvalue weighted by molar-refractivity contribution is -0.114. The predicted octanol–water partition coefficient (Wildman–Crippen LogP) is 4.24. The highest BCUT2D eigenvalue weighted by Gasteiger charge is 2.52. The summed E-state index contributed by atoms with van der Waals surface area (Å²) >= 11 is 0. The van der Waals surface area contributed by atoms with Crippen LogP contribution in [-0.2, 0) is 4.79 Å². The fourth-order valence-corrected chi connectivity index (χ4v) is 6.13. The second-order valence-corrected chi connectivity index (χ2v) is 8.40. The Bertz CT molecular complexity index is 654. The van der Waals surface area contributed by atoms with E-state index in [4.69, 9.17) is 5.11 Å². The summed E-state index contributed by atoms with van der Waals surface area (Å²) in [6, 6.07) is 0. The normalized spacial score (nSPS) is 39.2. The smallest absolute Gasteiger partial charge is 0.156 e. The van der Waals surface area contributed by atoms with Crippen LogP contribution in [0.4, 0.5) is 0 Å². The van der Waals surface area contributed by atoms with Gasteiger partial charge in [0, 0.05) is 6.42 Å². The minimum absolute atomic E-state index is 0.130. The number of rotatable bonds is 2. The number of carbonyl (C=O) groups is 1. The van der Waals surface area contributed by atoms with Crippen LogP contribution in [0.5, 0.6) is 0 Å². The van der Waals surface area contributed by atoms with E-state index in [2.05, 4.69) is 6.92 Å². The lowest BCUT2D eigenvalue weighted by Crippen LogP contribution is -2.39. The molecule has 4 aliphatic rings. The van der Waals surface area contributed by atoms with Crippen LogP contribution < -0.4 is 0 Å². The first kappa shape index (κ1) is 16.1. The maximum atomic E-state index is 11.7. The van der Waals surface area contributed by atoms with Gasteiger partial charge >= 0.3 is 0 Å². The van der Waals surface area contributed by atoms with Crippen molar-refractivity contribution >= 4 is 5.78 Å². The Hall–Kier alpha value is -1.35. The zero-order valence-corrected chi connectivity index (χ0v) is 14.6. The first-order valence-electron chi connectivity index (χ1n) is 9.49. The van der Waals surface area contributed by atoms with Gasteiger partial charge in [0.05, 0.1) is 6.61 Å². The third kappa shape index (κ3) is 2.40. The largest absolute Gasteiger partial charge is 0.510 e. The predicted molar refractivity (Wildman–Crippen MR) is 93.4 cm³/mol. The lowest BCUT2D eigenvalue weighted by Gasteiger charge is -2.49. The van der Waals surface area contributed by atoms with Crippen molar-refractivity contribution in [3.63, 3.8) is 0 Å². The lowest BCUT2D eigenvalue weighted by atomic mass is 9.56.